The Bertz CT molecular complexity index is 587. The van der Waals surface area contributed by atoms with Crippen molar-refractivity contribution in [3.8, 4) is 0 Å². The van der Waals surface area contributed by atoms with Crippen molar-refractivity contribution in [2.75, 3.05) is 0 Å². The van der Waals surface area contributed by atoms with E-state index in [9.17, 15) is 9.18 Å². The molecule has 0 spiro atoms. The van der Waals surface area contributed by atoms with Gasteiger partial charge in [0.15, 0.2) is 0 Å². The van der Waals surface area contributed by atoms with Crippen LogP contribution in [0.4, 0.5) is 4.39 Å². The van der Waals surface area contributed by atoms with Gasteiger partial charge in [0.1, 0.15) is 5.82 Å². The summed E-state index contributed by atoms with van der Waals surface area (Å²) in [6.45, 7) is 3.94. The van der Waals surface area contributed by atoms with E-state index in [2.05, 4.69) is 0 Å². The average molecular weight is 249 g/mol. The lowest BCUT2D eigenvalue weighted by molar-refractivity contribution is -0.136. The first-order valence-electron chi connectivity index (χ1n) is 6.01. The predicted octanol–water partition coefficient (Wildman–Crippen LogP) is 3.38. The molecule has 0 aliphatic rings. The van der Waals surface area contributed by atoms with Crippen LogP contribution in [-0.4, -0.2) is 15.6 Å². The fraction of sp³-hybridized carbons (Fsp3) is 0.357. The number of carboxylic acid groups (broad SMARTS) is 1. The van der Waals surface area contributed by atoms with Crippen LogP contribution in [0.1, 0.15) is 32.0 Å². The van der Waals surface area contributed by atoms with Gasteiger partial charge < -0.3 is 9.67 Å². The van der Waals surface area contributed by atoms with Crippen molar-refractivity contribution >= 4 is 16.9 Å². The summed E-state index contributed by atoms with van der Waals surface area (Å²) < 4.78 is 15.8. The molecule has 2 rings (SSSR count). The minimum atomic E-state index is -0.837. The van der Waals surface area contributed by atoms with Gasteiger partial charge in [0.05, 0.1) is 11.9 Å². The smallest absolute Gasteiger partial charge is 0.303 e. The van der Waals surface area contributed by atoms with E-state index in [1.54, 1.807) is 6.07 Å². The first-order chi connectivity index (χ1) is 8.50. The first-order valence-corrected chi connectivity index (χ1v) is 6.01. The van der Waals surface area contributed by atoms with Crippen LogP contribution in [0.5, 0.6) is 0 Å². The summed E-state index contributed by atoms with van der Waals surface area (Å²) >= 11 is 0. The van der Waals surface area contributed by atoms with Crippen molar-refractivity contribution in [2.24, 2.45) is 0 Å². The van der Waals surface area contributed by atoms with Crippen molar-refractivity contribution in [3.63, 3.8) is 0 Å². The number of carboxylic acids is 1. The molecule has 0 bridgehead atoms. The number of fused-ring (bicyclic) bond motifs is 1. The number of rotatable bonds is 4. The highest BCUT2D eigenvalue weighted by atomic mass is 19.1. The molecule has 0 fully saturated rings. The third-order valence-electron chi connectivity index (χ3n) is 3.00. The summed E-state index contributed by atoms with van der Waals surface area (Å²) in [7, 11) is 0. The summed E-state index contributed by atoms with van der Waals surface area (Å²) in [5.74, 6) is -1.10. The number of nitrogens with zero attached hydrogens (tertiary/aromatic N) is 1. The summed E-state index contributed by atoms with van der Waals surface area (Å²) in [4.78, 5) is 10.7. The third-order valence-corrected chi connectivity index (χ3v) is 3.00. The molecular formula is C14H16FNO2. The van der Waals surface area contributed by atoms with Crippen LogP contribution in [0.25, 0.3) is 10.9 Å². The SMILES string of the molecule is CC(C)n1c(CCC(=O)O)cc2cccc(F)c21. The highest BCUT2D eigenvalue weighted by molar-refractivity contribution is 5.82. The van der Waals surface area contributed by atoms with Gasteiger partial charge in [-0.05, 0) is 32.4 Å². The topological polar surface area (TPSA) is 42.2 Å². The van der Waals surface area contributed by atoms with Gasteiger partial charge in [-0.25, -0.2) is 4.39 Å². The molecule has 0 atom stereocenters. The van der Waals surface area contributed by atoms with Gasteiger partial charge >= 0.3 is 5.97 Å². The maximum absolute atomic E-state index is 13.9. The Labute approximate surface area is 105 Å². The number of benzene rings is 1. The molecule has 0 unspecified atom stereocenters. The van der Waals surface area contributed by atoms with Crippen LogP contribution >= 0.6 is 0 Å². The summed E-state index contributed by atoms with van der Waals surface area (Å²) in [5.41, 5.74) is 1.43. The number of carbonyl (C=O) groups is 1. The molecule has 2 aromatic rings. The highest BCUT2D eigenvalue weighted by Gasteiger charge is 2.15. The number of aliphatic carboxylic acids is 1. The minimum absolute atomic E-state index is 0.0602. The van der Waals surface area contributed by atoms with E-state index in [0.717, 1.165) is 11.1 Å². The van der Waals surface area contributed by atoms with E-state index in [-0.39, 0.29) is 18.3 Å². The maximum atomic E-state index is 13.9. The number of halogens is 1. The average Bonchev–Trinajstić information content (AvgIpc) is 2.66. The Morgan fingerprint density at radius 3 is 2.78 bits per heavy atom. The number of hydrogen-bond acceptors (Lipinski definition) is 1. The van der Waals surface area contributed by atoms with Gasteiger partial charge in [0.25, 0.3) is 0 Å². The van der Waals surface area contributed by atoms with Gasteiger partial charge in [0.2, 0.25) is 0 Å². The molecule has 0 saturated heterocycles. The fourth-order valence-corrected chi connectivity index (χ4v) is 2.31. The monoisotopic (exact) mass is 249 g/mol. The Kier molecular flexibility index (Phi) is 3.36. The second kappa shape index (κ2) is 4.80. The molecule has 1 aromatic heterocycles. The lowest BCUT2D eigenvalue weighted by Crippen LogP contribution is -2.08. The van der Waals surface area contributed by atoms with Gasteiger partial charge in [-0.1, -0.05) is 12.1 Å². The minimum Gasteiger partial charge on any atom is -0.481 e. The van der Waals surface area contributed by atoms with Crippen molar-refractivity contribution in [3.05, 3.63) is 35.8 Å². The van der Waals surface area contributed by atoms with Crippen LogP contribution in [0.15, 0.2) is 24.3 Å². The molecule has 0 aliphatic carbocycles. The van der Waals surface area contributed by atoms with E-state index in [1.165, 1.54) is 6.07 Å². The van der Waals surface area contributed by atoms with E-state index >= 15 is 0 Å². The maximum Gasteiger partial charge on any atom is 0.303 e. The lowest BCUT2D eigenvalue weighted by Gasteiger charge is -2.14. The van der Waals surface area contributed by atoms with E-state index in [0.29, 0.717) is 11.9 Å². The Morgan fingerprint density at radius 2 is 2.17 bits per heavy atom. The zero-order chi connectivity index (χ0) is 13.3. The van der Waals surface area contributed by atoms with E-state index in [1.807, 2.05) is 30.5 Å². The molecular weight excluding hydrogens is 233 g/mol. The Morgan fingerprint density at radius 1 is 1.44 bits per heavy atom. The molecule has 18 heavy (non-hydrogen) atoms. The molecule has 1 aromatic carbocycles. The number of aryl methyl sites for hydroxylation is 1. The quantitative estimate of drug-likeness (QED) is 0.902. The normalized spacial score (nSPS) is 11.3. The fourth-order valence-electron chi connectivity index (χ4n) is 2.31. The lowest BCUT2D eigenvalue weighted by atomic mass is 10.2. The van der Waals surface area contributed by atoms with Crippen molar-refractivity contribution in [1.29, 1.82) is 0 Å². The van der Waals surface area contributed by atoms with Gasteiger partial charge in [-0.3, -0.25) is 4.79 Å². The molecule has 0 radical (unpaired) electrons. The molecule has 0 amide bonds. The van der Waals surface area contributed by atoms with Gasteiger partial charge in [-0.15, -0.1) is 0 Å². The summed E-state index contributed by atoms with van der Waals surface area (Å²) in [5, 5.41) is 9.57. The molecule has 1 N–H and O–H groups in total. The third kappa shape index (κ3) is 2.23. The molecule has 4 heteroatoms. The first kappa shape index (κ1) is 12.6. The predicted molar refractivity (Wildman–Crippen MR) is 68.2 cm³/mol. The Hall–Kier alpha value is -1.84. The van der Waals surface area contributed by atoms with Crippen LogP contribution in [0, 0.1) is 5.82 Å². The largest absolute Gasteiger partial charge is 0.481 e. The number of aromatic nitrogens is 1. The zero-order valence-corrected chi connectivity index (χ0v) is 10.5. The van der Waals surface area contributed by atoms with Crippen LogP contribution < -0.4 is 0 Å². The Balaban J connectivity index is 2.55. The molecule has 3 nitrogen and oxygen atoms in total. The number of para-hydroxylation sites is 1. The van der Waals surface area contributed by atoms with Crippen molar-refractivity contribution in [1.82, 2.24) is 4.57 Å². The van der Waals surface area contributed by atoms with Crippen molar-refractivity contribution < 1.29 is 14.3 Å². The van der Waals surface area contributed by atoms with E-state index in [4.69, 9.17) is 5.11 Å². The second-order valence-electron chi connectivity index (χ2n) is 4.67. The van der Waals surface area contributed by atoms with Crippen LogP contribution in [0.2, 0.25) is 0 Å². The highest BCUT2D eigenvalue weighted by Crippen LogP contribution is 2.27. The summed E-state index contributed by atoms with van der Waals surface area (Å²) in [6, 6.07) is 6.93. The van der Waals surface area contributed by atoms with Crippen LogP contribution in [0.3, 0.4) is 0 Å². The van der Waals surface area contributed by atoms with E-state index < -0.39 is 5.97 Å². The van der Waals surface area contributed by atoms with Crippen molar-refractivity contribution in [2.45, 2.75) is 32.7 Å². The second-order valence-corrected chi connectivity index (χ2v) is 4.67. The number of hydrogen-bond donors (Lipinski definition) is 1. The van der Waals surface area contributed by atoms with Gasteiger partial charge in [-0.2, -0.15) is 0 Å². The summed E-state index contributed by atoms with van der Waals surface area (Å²) in [6.07, 6.45) is 0.478. The molecule has 1 heterocycles. The molecule has 96 valence electrons. The standard InChI is InChI=1S/C14H16FNO2/c1-9(2)16-11(6-7-13(17)18)8-10-4-3-5-12(15)14(10)16/h3-5,8-9H,6-7H2,1-2H3,(H,17,18). The van der Waals surface area contributed by atoms with Gasteiger partial charge in [0, 0.05) is 17.1 Å². The van der Waals surface area contributed by atoms with Crippen LogP contribution in [-0.2, 0) is 11.2 Å². The molecule has 0 saturated carbocycles. The molecule has 0 aliphatic heterocycles. The zero-order valence-electron chi connectivity index (χ0n) is 10.5.